The first kappa shape index (κ1) is 83.0. The molecule has 5 heterocycles. The number of aliphatic hydroxyl groups excluding tert-OH is 2. The molecule has 95 heavy (non-hydrogen) atoms. The van der Waals surface area contributed by atoms with Crippen LogP contribution in [-0.2, 0) is 73.3 Å². The van der Waals surface area contributed by atoms with Gasteiger partial charge >= 0.3 is 94.4 Å². The number of hydrogen-bond donors (Lipinski definition) is 3. The Balaban J connectivity index is 0.000000402. The van der Waals surface area contributed by atoms with Crippen LogP contribution in [0.5, 0.6) is 0 Å². The third-order valence-corrected chi connectivity index (χ3v) is 18.5. The SMILES string of the molecule is CCOC(=O)[C@@H]1[C@H]2CCC(=O)[C@H]2CN1C(=O)OCc1ccccc1.CCOC(=O)[C@H]1NC[C@@H]2C=CC[C@H]12.Cl.O=BC#CO.[B].[B]C(=O)N1C[C@@H]2C(=O)CC[C@@H]2[C@H]1C(=O)OCC.[B]C(=O)N1C[C@@H]2C(O)CC[C@@H]2[C@H]1C(=O)OCC.[B]C(=O)N1C[C@@H]2C=CC[C@@H]2[C@H]1C(=O)OCC.[H-].[Na+]. The number of carbonyl (C=O) groups excluding carboxylic acids is 11. The maximum atomic E-state index is 12.5. The number of ketones is 2. The van der Waals surface area contributed by atoms with E-state index in [0.717, 1.165) is 31.4 Å². The zero-order chi connectivity index (χ0) is 67.3. The van der Waals surface area contributed by atoms with Crippen LogP contribution in [-0.4, -0.2) is 236 Å². The molecule has 5 saturated heterocycles. The van der Waals surface area contributed by atoms with Crippen molar-refractivity contribution >= 4 is 116 Å². The minimum absolute atomic E-state index is 0. The summed E-state index contributed by atoms with van der Waals surface area (Å²) < 4.78 is 39.5. The van der Waals surface area contributed by atoms with Crippen molar-refractivity contribution in [2.24, 2.45) is 59.2 Å². The average molecular weight is 1340 g/mol. The van der Waals surface area contributed by atoms with Crippen LogP contribution >= 0.6 is 12.4 Å². The van der Waals surface area contributed by atoms with Gasteiger partial charge in [0.1, 0.15) is 48.4 Å². The summed E-state index contributed by atoms with van der Waals surface area (Å²) in [6.45, 7) is 12.8. The Bertz CT molecular complexity index is 2980. The zero-order valence-corrected chi connectivity index (χ0v) is 57.5. The number of ether oxygens (including phenoxy) is 6. The minimum atomic E-state index is -0.718. The molecular weight excluding hydrogens is 1260 g/mol. The van der Waals surface area contributed by atoms with E-state index < -0.39 is 71.7 Å². The summed E-state index contributed by atoms with van der Waals surface area (Å²) in [6.07, 6.45) is 14.3. The summed E-state index contributed by atoms with van der Waals surface area (Å²) in [5.41, 5.74) is 0.869. The molecule has 3 N–H and O–H groups in total. The summed E-state index contributed by atoms with van der Waals surface area (Å²) in [4.78, 5) is 135. The van der Waals surface area contributed by atoms with Gasteiger partial charge in [0.05, 0.1) is 39.1 Å². The first-order valence-electron chi connectivity index (χ1n) is 31.5. The third-order valence-electron chi connectivity index (χ3n) is 18.5. The molecule has 32 heteroatoms. The number of Topliss-reactive ketones (excluding diaryl/α,β-unsaturated/α-hetero) is 2. The summed E-state index contributed by atoms with van der Waals surface area (Å²) in [5.74, 6) is -1.03. The second-order valence-electron chi connectivity index (χ2n) is 23.5. The van der Waals surface area contributed by atoms with Gasteiger partial charge in [0.15, 0.2) is 17.4 Å². The number of esters is 5. The topological polar surface area (TPSA) is 326 Å². The molecule has 1 unspecified atom stereocenters. The quantitative estimate of drug-likeness (QED) is 0.0822. The van der Waals surface area contributed by atoms with Gasteiger partial charge in [0.25, 0.3) is 0 Å². The molecule has 11 rings (SSSR count). The van der Waals surface area contributed by atoms with Gasteiger partial charge in [-0.15, -0.1) is 12.4 Å². The molecule has 0 aromatic heterocycles. The summed E-state index contributed by atoms with van der Waals surface area (Å²) in [5, 5.41) is 20.5. The number of carbonyl (C=O) groups is 11. The number of rotatable bonds is 12. The normalized spacial score (nSPS) is 28.9. The monoisotopic (exact) mass is 1340 g/mol. The standard InChI is InChI=1S/C18H21NO5.C11H16BNO4.C11H14BNO4.C11H14BNO3.C10H15NO2.C2HBO2.B.ClH.Na.H/c1-2-23-17(21)16-13-8-9-15(20)14(13)10-19(16)18(22)24-11-12-6-4-3-5-7-12;2*1-2-17-10(15)9-6-3-4-8(14)7(6)5-13(9)11(12)16;1-2-16-10(14)9-8-5-3-4-7(8)6-13(9)11(12)15;1-2-13-10(12)9-8-5-3-4-7(8)6-11-9;4-2-1-3-5;;;;/h3-7,13-14,16H,2,8-11H2,1H3;6-9,14H,2-5H2,1H3;6-7,9H,2-5H2,1H3;3-4,7-9H,2,5-6H2,1H3;3-4,7-9,11H,2,5-6H2,1H3;4H;;1H;;/q;;;;;;;;+1;-1/t13-,14-,16-;6-,7-,8?,9-;6-,7-,9-;2*7-,8-,9-;;;;;/m00000...../s1. The molecule has 0 spiro atoms. The van der Waals surface area contributed by atoms with Gasteiger partial charge in [-0.1, -0.05) is 54.6 Å². The molecule has 25 nitrogen and oxygen atoms in total. The van der Waals surface area contributed by atoms with Gasteiger partial charge in [-0.05, 0) is 96.5 Å². The maximum absolute atomic E-state index is 12.5. The molecule has 16 atom stereocenters. The Morgan fingerprint density at radius 2 is 1.00 bits per heavy atom. The molecule has 1 aromatic carbocycles. The van der Waals surface area contributed by atoms with Crippen molar-refractivity contribution in [3.63, 3.8) is 0 Å². The summed E-state index contributed by atoms with van der Waals surface area (Å²) >= 11 is 0. The molecular formula is C63H83B5ClN5NaO20. The molecule has 9 radical (unpaired) electrons. The zero-order valence-electron chi connectivity index (χ0n) is 55.7. The van der Waals surface area contributed by atoms with Crippen LogP contribution in [0.3, 0.4) is 0 Å². The number of halogens is 1. The van der Waals surface area contributed by atoms with E-state index in [2.05, 4.69) is 29.6 Å². The van der Waals surface area contributed by atoms with Crippen LogP contribution in [0.2, 0.25) is 0 Å². The molecule has 5 aliphatic carbocycles. The maximum Gasteiger partial charge on any atom is 1.00 e. The fraction of sp³-hybridized carbons (Fsp3) is 0.635. The van der Waals surface area contributed by atoms with Crippen molar-refractivity contribution in [3.8, 4) is 11.9 Å². The van der Waals surface area contributed by atoms with Gasteiger partial charge in [-0.25, -0.2) is 24.0 Å². The van der Waals surface area contributed by atoms with Gasteiger partial charge in [0, 0.05) is 95.4 Å². The van der Waals surface area contributed by atoms with Crippen LogP contribution in [0.1, 0.15) is 93.0 Å². The number of amides is 4. The Hall–Kier alpha value is -6.24. The number of aliphatic hydroxyl groups is 2. The van der Waals surface area contributed by atoms with Crippen molar-refractivity contribution < 1.29 is 127 Å². The molecule has 0 bridgehead atoms. The molecule has 4 amide bonds. The number of allylic oxidation sites excluding steroid dienone is 2. The second-order valence-corrected chi connectivity index (χ2v) is 23.5. The van der Waals surface area contributed by atoms with E-state index in [1.54, 1.807) is 33.5 Å². The van der Waals surface area contributed by atoms with Gasteiger partial charge in [-0.2, -0.15) is 0 Å². The van der Waals surface area contributed by atoms with E-state index in [1.165, 1.54) is 25.7 Å². The number of fused-ring (bicyclic) bond motifs is 5. The van der Waals surface area contributed by atoms with Crippen LogP contribution in [0, 0.1) is 71.1 Å². The molecule has 503 valence electrons. The second kappa shape index (κ2) is 40.5. The molecule has 1 aromatic rings. The predicted octanol–water partition coefficient (Wildman–Crippen LogP) is 0.105. The van der Waals surface area contributed by atoms with E-state index in [1.807, 2.05) is 37.3 Å². The number of benzene rings is 1. The van der Waals surface area contributed by atoms with Crippen molar-refractivity contribution in [1.29, 1.82) is 0 Å². The van der Waals surface area contributed by atoms with Crippen LogP contribution in [0.4, 0.5) is 19.2 Å². The largest absolute Gasteiger partial charge is 1.00 e. The van der Waals surface area contributed by atoms with E-state index in [-0.39, 0.29) is 168 Å². The Morgan fingerprint density at radius 1 is 0.568 bits per heavy atom. The van der Waals surface area contributed by atoms with Crippen molar-refractivity contribution in [1.82, 2.24) is 24.9 Å². The smallest absolute Gasteiger partial charge is 1.00 e. The van der Waals surface area contributed by atoms with Gasteiger partial charge in [0.2, 0.25) is 23.5 Å². The van der Waals surface area contributed by atoms with Crippen LogP contribution < -0.4 is 34.9 Å². The Morgan fingerprint density at radius 3 is 1.47 bits per heavy atom. The van der Waals surface area contributed by atoms with Gasteiger partial charge in [-0.3, -0.25) is 33.7 Å². The van der Waals surface area contributed by atoms with Crippen LogP contribution in [0.25, 0.3) is 0 Å². The van der Waals surface area contributed by atoms with E-state index in [0.29, 0.717) is 77.4 Å². The van der Waals surface area contributed by atoms with Crippen LogP contribution in [0.15, 0.2) is 54.6 Å². The number of likely N-dealkylation sites (tertiary alicyclic amines) is 4. The third kappa shape index (κ3) is 20.9. The number of hydrogen-bond acceptors (Lipinski definition) is 21. The summed E-state index contributed by atoms with van der Waals surface area (Å²) in [7, 11) is 16.1. The minimum Gasteiger partial charge on any atom is -1.00 e. The fourth-order valence-electron chi connectivity index (χ4n) is 14.4. The fourth-order valence-corrected chi connectivity index (χ4v) is 14.4. The first-order chi connectivity index (χ1) is 44.1. The molecule has 5 aliphatic heterocycles. The molecule has 3 saturated carbocycles. The first-order valence-corrected chi connectivity index (χ1v) is 31.5. The van der Waals surface area contributed by atoms with Gasteiger partial charge < -0.3 is 55.0 Å². The van der Waals surface area contributed by atoms with E-state index in [4.69, 9.17) is 61.8 Å². The van der Waals surface area contributed by atoms with Crippen molar-refractivity contribution in [2.75, 3.05) is 65.8 Å². The molecule has 8 fully saturated rings. The number of nitrogens with zero attached hydrogens (tertiary/aromatic N) is 4. The summed E-state index contributed by atoms with van der Waals surface area (Å²) in [6, 6.07) is 6.75. The van der Waals surface area contributed by atoms with E-state index >= 15 is 0 Å². The predicted molar refractivity (Wildman–Crippen MR) is 343 cm³/mol. The number of nitrogens with one attached hydrogen (secondary N) is 1. The van der Waals surface area contributed by atoms with Crippen molar-refractivity contribution in [3.05, 3.63) is 60.2 Å². The average Bonchev–Trinajstić information content (AvgIpc) is 1.65. The Labute approximate surface area is 590 Å². The van der Waals surface area contributed by atoms with Crippen molar-refractivity contribution in [2.45, 2.75) is 129 Å². The van der Waals surface area contributed by atoms with E-state index in [9.17, 15) is 57.8 Å². The Kier molecular flexibility index (Phi) is 35.4. The molecule has 10 aliphatic rings.